The van der Waals surface area contributed by atoms with E-state index in [0.717, 1.165) is 42.8 Å². The van der Waals surface area contributed by atoms with Gasteiger partial charge in [-0.2, -0.15) is 0 Å². The quantitative estimate of drug-likeness (QED) is 0.783. The van der Waals surface area contributed by atoms with Gasteiger partial charge < -0.3 is 14.8 Å². The van der Waals surface area contributed by atoms with E-state index >= 15 is 0 Å². The average molecular weight is 356 g/mol. The van der Waals surface area contributed by atoms with Gasteiger partial charge in [-0.3, -0.25) is 4.79 Å². The highest BCUT2D eigenvalue weighted by molar-refractivity contribution is 5.99. The Labute approximate surface area is 153 Å². The molecule has 4 nitrogen and oxygen atoms in total. The van der Waals surface area contributed by atoms with Crippen molar-refractivity contribution in [1.29, 1.82) is 0 Å². The molecule has 3 aromatic rings. The van der Waals surface area contributed by atoms with E-state index in [-0.39, 0.29) is 18.3 Å². The lowest BCUT2D eigenvalue weighted by Crippen LogP contribution is -2.46. The fraction of sp³-hybridized carbons (Fsp3) is 0.250. The standard InChI is InChI=1S/C20H21N3O.ClH/c24-20(22-12-10-21-11-13-22)19-14-17-8-4-5-9-18(17)23(19)15-16-6-2-1-3-7-16;/h1-9,14,21H,10-13,15H2;1H. The van der Waals surface area contributed by atoms with Crippen molar-refractivity contribution in [3.05, 3.63) is 71.9 Å². The van der Waals surface area contributed by atoms with Gasteiger partial charge in [-0.25, -0.2) is 0 Å². The first-order chi connectivity index (χ1) is 11.8. The molecule has 4 rings (SSSR count). The van der Waals surface area contributed by atoms with E-state index in [4.69, 9.17) is 0 Å². The van der Waals surface area contributed by atoms with Gasteiger partial charge in [0.15, 0.2) is 0 Å². The zero-order chi connectivity index (χ0) is 16.4. The third-order valence-corrected chi connectivity index (χ3v) is 4.62. The number of aromatic nitrogens is 1. The molecule has 1 aromatic heterocycles. The number of piperazine rings is 1. The smallest absolute Gasteiger partial charge is 0.270 e. The summed E-state index contributed by atoms with van der Waals surface area (Å²) >= 11 is 0. The van der Waals surface area contributed by atoms with E-state index < -0.39 is 0 Å². The predicted octanol–water partition coefficient (Wildman–Crippen LogP) is 3.16. The maximum absolute atomic E-state index is 13.1. The van der Waals surface area contributed by atoms with Crippen LogP contribution in [0.15, 0.2) is 60.7 Å². The van der Waals surface area contributed by atoms with Crippen LogP contribution in [0.4, 0.5) is 0 Å². The van der Waals surface area contributed by atoms with Gasteiger partial charge in [-0.1, -0.05) is 48.5 Å². The molecule has 1 N–H and O–H groups in total. The van der Waals surface area contributed by atoms with Crippen molar-refractivity contribution in [1.82, 2.24) is 14.8 Å². The number of nitrogens with one attached hydrogen (secondary N) is 1. The molecule has 1 amide bonds. The van der Waals surface area contributed by atoms with Crippen molar-refractivity contribution in [2.45, 2.75) is 6.54 Å². The molecule has 130 valence electrons. The van der Waals surface area contributed by atoms with Gasteiger partial charge in [-0.15, -0.1) is 12.4 Å². The Morgan fingerprint density at radius 3 is 2.40 bits per heavy atom. The molecule has 1 aliphatic heterocycles. The maximum atomic E-state index is 13.1. The number of rotatable bonds is 3. The summed E-state index contributed by atoms with van der Waals surface area (Å²) in [7, 11) is 0. The fourth-order valence-electron chi connectivity index (χ4n) is 3.35. The van der Waals surface area contributed by atoms with Crippen LogP contribution in [0, 0.1) is 0 Å². The monoisotopic (exact) mass is 355 g/mol. The molecule has 0 bridgehead atoms. The largest absolute Gasteiger partial charge is 0.335 e. The lowest BCUT2D eigenvalue weighted by molar-refractivity contribution is 0.0726. The maximum Gasteiger partial charge on any atom is 0.270 e. The second kappa shape index (κ2) is 7.72. The number of carbonyl (C=O) groups excluding carboxylic acids is 1. The molecule has 5 heteroatoms. The Morgan fingerprint density at radius 2 is 1.64 bits per heavy atom. The van der Waals surface area contributed by atoms with Crippen LogP contribution in [0.25, 0.3) is 10.9 Å². The van der Waals surface area contributed by atoms with Crippen molar-refractivity contribution in [3.8, 4) is 0 Å². The van der Waals surface area contributed by atoms with Crippen molar-refractivity contribution in [2.75, 3.05) is 26.2 Å². The summed E-state index contributed by atoms with van der Waals surface area (Å²) in [4.78, 5) is 15.0. The first-order valence-corrected chi connectivity index (χ1v) is 8.45. The molecule has 2 aromatic carbocycles. The number of hydrogen-bond acceptors (Lipinski definition) is 2. The Bertz CT molecular complexity index is 854. The summed E-state index contributed by atoms with van der Waals surface area (Å²) in [5, 5.41) is 4.42. The van der Waals surface area contributed by atoms with E-state index in [0.29, 0.717) is 6.54 Å². The van der Waals surface area contributed by atoms with Crippen LogP contribution >= 0.6 is 12.4 Å². The third-order valence-electron chi connectivity index (χ3n) is 4.62. The highest BCUT2D eigenvalue weighted by Gasteiger charge is 2.22. The zero-order valence-electron chi connectivity index (χ0n) is 14.0. The van der Waals surface area contributed by atoms with Gasteiger partial charge in [0.2, 0.25) is 0 Å². The SMILES string of the molecule is Cl.O=C(c1cc2ccccc2n1Cc1ccccc1)N1CCNCC1. The molecular weight excluding hydrogens is 334 g/mol. The van der Waals surface area contributed by atoms with Gasteiger partial charge in [0.05, 0.1) is 0 Å². The molecule has 2 heterocycles. The van der Waals surface area contributed by atoms with Gasteiger partial charge in [0.25, 0.3) is 5.91 Å². The molecule has 25 heavy (non-hydrogen) atoms. The molecule has 1 saturated heterocycles. The summed E-state index contributed by atoms with van der Waals surface area (Å²) in [5.41, 5.74) is 3.09. The Kier molecular flexibility index (Phi) is 5.41. The average Bonchev–Trinajstić information content (AvgIpc) is 3.01. The van der Waals surface area contributed by atoms with Gasteiger partial charge in [0.1, 0.15) is 5.69 Å². The third kappa shape index (κ3) is 3.55. The molecule has 0 atom stereocenters. The van der Waals surface area contributed by atoms with E-state index in [2.05, 4.69) is 34.1 Å². The number of benzene rings is 2. The van der Waals surface area contributed by atoms with Crippen LogP contribution in [-0.4, -0.2) is 41.6 Å². The van der Waals surface area contributed by atoms with E-state index in [1.807, 2.05) is 41.3 Å². The van der Waals surface area contributed by atoms with Crippen LogP contribution in [0.2, 0.25) is 0 Å². The summed E-state index contributed by atoms with van der Waals surface area (Å²) in [6.45, 7) is 3.98. The van der Waals surface area contributed by atoms with Crippen LogP contribution < -0.4 is 5.32 Å². The number of amides is 1. The number of hydrogen-bond donors (Lipinski definition) is 1. The van der Waals surface area contributed by atoms with Gasteiger partial charge in [0, 0.05) is 43.6 Å². The van der Waals surface area contributed by atoms with Crippen LogP contribution in [0.5, 0.6) is 0 Å². The Morgan fingerprint density at radius 1 is 0.960 bits per heavy atom. The number of carbonyl (C=O) groups is 1. The highest BCUT2D eigenvalue weighted by Crippen LogP contribution is 2.22. The van der Waals surface area contributed by atoms with E-state index in [1.54, 1.807) is 0 Å². The predicted molar refractivity (Wildman–Crippen MR) is 104 cm³/mol. The first kappa shape index (κ1) is 17.5. The Balaban J connectivity index is 0.00000182. The normalized spacial score (nSPS) is 14.3. The fourth-order valence-corrected chi connectivity index (χ4v) is 3.35. The van der Waals surface area contributed by atoms with Crippen LogP contribution in [0.1, 0.15) is 16.1 Å². The minimum atomic E-state index is 0. The molecule has 0 radical (unpaired) electrons. The van der Waals surface area contributed by atoms with Crippen molar-refractivity contribution >= 4 is 29.2 Å². The molecule has 0 unspecified atom stereocenters. The second-order valence-corrected chi connectivity index (χ2v) is 6.20. The van der Waals surface area contributed by atoms with Crippen molar-refractivity contribution in [3.63, 3.8) is 0 Å². The summed E-state index contributed by atoms with van der Waals surface area (Å²) in [5.74, 6) is 0.128. The lowest BCUT2D eigenvalue weighted by Gasteiger charge is -2.27. The summed E-state index contributed by atoms with van der Waals surface area (Å²) < 4.78 is 2.15. The summed E-state index contributed by atoms with van der Waals surface area (Å²) in [6, 6.07) is 20.6. The second-order valence-electron chi connectivity index (χ2n) is 6.20. The molecule has 0 aliphatic carbocycles. The molecular formula is C20H22ClN3O. The van der Waals surface area contributed by atoms with E-state index in [1.165, 1.54) is 5.56 Å². The topological polar surface area (TPSA) is 37.3 Å². The van der Waals surface area contributed by atoms with Gasteiger partial charge in [-0.05, 0) is 17.7 Å². The molecule has 0 saturated carbocycles. The minimum absolute atomic E-state index is 0. The lowest BCUT2D eigenvalue weighted by atomic mass is 10.2. The highest BCUT2D eigenvalue weighted by atomic mass is 35.5. The van der Waals surface area contributed by atoms with E-state index in [9.17, 15) is 4.79 Å². The number of halogens is 1. The number of nitrogens with zero attached hydrogens (tertiary/aromatic N) is 2. The van der Waals surface area contributed by atoms with Crippen LogP contribution in [-0.2, 0) is 6.54 Å². The summed E-state index contributed by atoms with van der Waals surface area (Å²) in [6.07, 6.45) is 0. The van der Waals surface area contributed by atoms with Crippen molar-refractivity contribution < 1.29 is 4.79 Å². The van der Waals surface area contributed by atoms with Crippen LogP contribution in [0.3, 0.4) is 0 Å². The number of para-hydroxylation sites is 1. The minimum Gasteiger partial charge on any atom is -0.335 e. The van der Waals surface area contributed by atoms with Gasteiger partial charge >= 0.3 is 0 Å². The molecule has 1 aliphatic rings. The first-order valence-electron chi connectivity index (χ1n) is 8.45. The number of fused-ring (bicyclic) bond motifs is 1. The van der Waals surface area contributed by atoms with Crippen molar-refractivity contribution in [2.24, 2.45) is 0 Å². The molecule has 0 spiro atoms. The zero-order valence-corrected chi connectivity index (χ0v) is 14.8. The molecule has 1 fully saturated rings. The Hall–Kier alpha value is -2.30.